The van der Waals surface area contributed by atoms with Crippen LogP contribution in [0.25, 0.3) is 0 Å². The predicted molar refractivity (Wildman–Crippen MR) is 106 cm³/mol. The van der Waals surface area contributed by atoms with Crippen LogP contribution in [0.15, 0.2) is 23.6 Å². The van der Waals surface area contributed by atoms with Crippen LogP contribution in [0.4, 0.5) is 0 Å². The van der Waals surface area contributed by atoms with Crippen LogP contribution in [-0.2, 0) is 8.91 Å². The maximum Gasteiger partial charge on any atom is 0.222 e. The molecule has 0 unspecified atom stereocenters. The molecule has 0 aromatic carbocycles. The van der Waals surface area contributed by atoms with Crippen molar-refractivity contribution >= 4 is 34.3 Å². The molecule has 1 amide bonds. The van der Waals surface area contributed by atoms with E-state index in [-0.39, 0.29) is 11.8 Å². The SMILES string of the molecule is CC(C)C(=O)NCCC[Si](C)(C)O[Si](C)(C)CSc1ncccn1. The van der Waals surface area contributed by atoms with E-state index < -0.39 is 16.6 Å². The van der Waals surface area contributed by atoms with Crippen molar-refractivity contribution in [1.82, 2.24) is 15.3 Å². The van der Waals surface area contributed by atoms with E-state index in [9.17, 15) is 4.79 Å². The van der Waals surface area contributed by atoms with Gasteiger partial charge in [0.1, 0.15) is 0 Å². The average molecular weight is 386 g/mol. The lowest BCUT2D eigenvalue weighted by Crippen LogP contribution is -2.46. The van der Waals surface area contributed by atoms with E-state index >= 15 is 0 Å². The highest BCUT2D eigenvalue weighted by atomic mass is 32.2. The number of thioether (sulfide) groups is 1. The molecule has 0 saturated heterocycles. The second-order valence-corrected chi connectivity index (χ2v) is 17.7. The summed E-state index contributed by atoms with van der Waals surface area (Å²) in [7, 11) is -3.48. The van der Waals surface area contributed by atoms with E-state index in [4.69, 9.17) is 4.12 Å². The lowest BCUT2D eigenvalue weighted by molar-refractivity contribution is -0.123. The van der Waals surface area contributed by atoms with Gasteiger partial charge in [-0.1, -0.05) is 25.6 Å². The highest BCUT2D eigenvalue weighted by molar-refractivity contribution is 8.00. The van der Waals surface area contributed by atoms with E-state index in [1.54, 1.807) is 24.2 Å². The molecule has 0 aliphatic carbocycles. The Bertz CT molecular complexity index is 513. The predicted octanol–water partition coefficient (Wildman–Crippen LogP) is 3.70. The summed E-state index contributed by atoms with van der Waals surface area (Å²) in [6, 6.07) is 2.89. The minimum absolute atomic E-state index is 0.0510. The maximum atomic E-state index is 11.6. The number of nitrogens with one attached hydrogen (secondary N) is 1. The van der Waals surface area contributed by atoms with Gasteiger partial charge in [-0.2, -0.15) is 0 Å². The smallest absolute Gasteiger partial charge is 0.222 e. The highest BCUT2D eigenvalue weighted by Crippen LogP contribution is 2.24. The molecule has 0 saturated carbocycles. The molecule has 0 bridgehead atoms. The molecule has 1 aromatic heterocycles. The first-order valence-electron chi connectivity index (χ1n) is 8.49. The fourth-order valence-electron chi connectivity index (χ4n) is 2.36. The van der Waals surface area contributed by atoms with E-state index in [1.165, 1.54) is 0 Å². The largest absolute Gasteiger partial charge is 0.455 e. The Morgan fingerprint density at radius 2 is 1.83 bits per heavy atom. The van der Waals surface area contributed by atoms with Crippen LogP contribution in [0.1, 0.15) is 20.3 Å². The summed E-state index contributed by atoms with van der Waals surface area (Å²) in [6.45, 7) is 13.6. The van der Waals surface area contributed by atoms with E-state index in [1.807, 2.05) is 19.9 Å². The van der Waals surface area contributed by atoms with Crippen LogP contribution < -0.4 is 5.32 Å². The Morgan fingerprint density at radius 1 is 1.21 bits per heavy atom. The van der Waals surface area contributed by atoms with Gasteiger partial charge in [-0.15, -0.1) is 0 Å². The van der Waals surface area contributed by atoms with Crippen molar-refractivity contribution in [3.8, 4) is 0 Å². The first kappa shape index (κ1) is 21.3. The lowest BCUT2D eigenvalue weighted by atomic mass is 10.2. The van der Waals surface area contributed by atoms with Crippen LogP contribution in [0.5, 0.6) is 0 Å². The Kier molecular flexibility index (Phi) is 8.62. The average Bonchev–Trinajstić information content (AvgIpc) is 2.49. The number of hydrogen-bond acceptors (Lipinski definition) is 5. The molecule has 136 valence electrons. The van der Waals surface area contributed by atoms with Crippen molar-refractivity contribution in [2.45, 2.75) is 57.7 Å². The van der Waals surface area contributed by atoms with Gasteiger partial charge < -0.3 is 9.43 Å². The van der Waals surface area contributed by atoms with Crippen LogP contribution in [0.2, 0.25) is 32.2 Å². The van der Waals surface area contributed by atoms with Crippen molar-refractivity contribution < 1.29 is 8.91 Å². The topological polar surface area (TPSA) is 64.1 Å². The van der Waals surface area contributed by atoms with Gasteiger partial charge in [0.05, 0.1) is 0 Å². The minimum Gasteiger partial charge on any atom is -0.455 e. The zero-order valence-electron chi connectivity index (χ0n) is 15.8. The summed E-state index contributed by atoms with van der Waals surface area (Å²) in [5.74, 6) is 0.180. The molecule has 1 rings (SSSR count). The molecule has 1 aromatic rings. The molecule has 5 nitrogen and oxygen atoms in total. The number of rotatable bonds is 10. The summed E-state index contributed by atoms with van der Waals surface area (Å²) in [5, 5.41) is 4.76. The summed E-state index contributed by atoms with van der Waals surface area (Å²) < 4.78 is 6.59. The molecule has 24 heavy (non-hydrogen) atoms. The standard InChI is InChI=1S/C16H31N3O2SSi2/c1-14(2)15(20)17-11-8-12-23(3,4)21-24(5,6)13-22-16-18-9-7-10-19-16/h7,9-10,14H,8,11-13H2,1-6H3,(H,17,20). The highest BCUT2D eigenvalue weighted by Gasteiger charge is 2.33. The van der Waals surface area contributed by atoms with E-state index in [2.05, 4.69) is 41.5 Å². The third kappa shape index (κ3) is 8.95. The van der Waals surface area contributed by atoms with Gasteiger partial charge in [0.15, 0.2) is 21.8 Å². The molecule has 0 spiro atoms. The number of carbonyl (C=O) groups excluding carboxylic acids is 1. The lowest BCUT2D eigenvalue weighted by Gasteiger charge is -2.33. The third-order valence-corrected chi connectivity index (χ3v) is 13.2. The maximum absolute atomic E-state index is 11.6. The number of amides is 1. The van der Waals surface area contributed by atoms with Crippen molar-refractivity contribution in [3.05, 3.63) is 18.5 Å². The second-order valence-electron chi connectivity index (χ2n) is 7.49. The van der Waals surface area contributed by atoms with Crippen molar-refractivity contribution in [2.75, 3.05) is 11.9 Å². The van der Waals surface area contributed by atoms with E-state index in [0.717, 1.165) is 29.5 Å². The summed E-state index contributed by atoms with van der Waals surface area (Å²) in [4.78, 5) is 20.1. The van der Waals surface area contributed by atoms with Crippen molar-refractivity contribution in [2.24, 2.45) is 5.92 Å². The van der Waals surface area contributed by atoms with Crippen LogP contribution >= 0.6 is 11.8 Å². The first-order valence-corrected chi connectivity index (χ1v) is 15.7. The fourth-order valence-corrected chi connectivity index (χ4v) is 12.7. The van der Waals surface area contributed by atoms with Crippen molar-refractivity contribution in [1.29, 1.82) is 0 Å². The van der Waals surface area contributed by atoms with Crippen LogP contribution in [0, 0.1) is 5.92 Å². The summed E-state index contributed by atoms with van der Waals surface area (Å²) in [6.07, 6.45) is 4.53. The molecule has 0 aliphatic rings. The molecule has 0 atom stereocenters. The molecule has 0 radical (unpaired) electrons. The fraction of sp³-hybridized carbons (Fsp3) is 0.688. The Labute approximate surface area is 152 Å². The molecule has 8 heteroatoms. The van der Waals surface area contributed by atoms with Crippen LogP contribution in [0.3, 0.4) is 0 Å². The zero-order chi connectivity index (χ0) is 18.2. The first-order chi connectivity index (χ1) is 11.1. The Hall–Kier alpha value is -0.706. The quantitative estimate of drug-likeness (QED) is 0.288. The normalized spacial score (nSPS) is 12.5. The molecular formula is C16H31N3O2SSi2. The van der Waals surface area contributed by atoms with Gasteiger partial charge in [-0.25, -0.2) is 9.97 Å². The number of nitrogens with zero attached hydrogens (tertiary/aromatic N) is 2. The van der Waals surface area contributed by atoms with Crippen molar-refractivity contribution in [3.63, 3.8) is 0 Å². The third-order valence-electron chi connectivity index (χ3n) is 3.42. The van der Waals surface area contributed by atoms with Gasteiger partial charge >= 0.3 is 0 Å². The van der Waals surface area contributed by atoms with Gasteiger partial charge in [0.25, 0.3) is 0 Å². The van der Waals surface area contributed by atoms with Crippen LogP contribution in [-0.4, -0.2) is 44.4 Å². The Morgan fingerprint density at radius 3 is 2.42 bits per heavy atom. The van der Waals surface area contributed by atoms with E-state index in [0.29, 0.717) is 0 Å². The number of hydrogen-bond donors (Lipinski definition) is 1. The molecule has 1 N–H and O–H groups in total. The summed E-state index contributed by atoms with van der Waals surface area (Å²) >= 11 is 1.68. The molecular weight excluding hydrogens is 354 g/mol. The monoisotopic (exact) mass is 385 g/mol. The van der Waals surface area contributed by atoms with Gasteiger partial charge in [-0.3, -0.25) is 4.79 Å². The second kappa shape index (κ2) is 9.69. The molecule has 1 heterocycles. The van der Waals surface area contributed by atoms with Gasteiger partial charge in [0.2, 0.25) is 5.91 Å². The molecule has 0 aliphatic heterocycles. The number of aromatic nitrogens is 2. The minimum atomic E-state index is -1.76. The summed E-state index contributed by atoms with van der Waals surface area (Å²) in [5.41, 5.74) is 0. The number of carbonyl (C=O) groups is 1. The Balaban J connectivity index is 2.36. The van der Waals surface area contributed by atoms with Gasteiger partial charge in [-0.05, 0) is 44.7 Å². The zero-order valence-corrected chi connectivity index (χ0v) is 18.6. The van der Waals surface area contributed by atoms with Gasteiger partial charge in [0, 0.05) is 30.2 Å². The molecule has 0 fully saturated rings.